The quantitative estimate of drug-likeness (QED) is 0.786. The van der Waals surface area contributed by atoms with Gasteiger partial charge in [0.15, 0.2) is 0 Å². The molecule has 2 nitrogen and oxygen atoms in total. The normalized spacial score (nSPS) is 10.3. The number of nitrogen functional groups attached to an aromatic ring is 1. The van der Waals surface area contributed by atoms with E-state index in [-0.39, 0.29) is 0 Å². The maximum absolute atomic E-state index is 5.97. The first-order chi connectivity index (χ1) is 8.08. The summed E-state index contributed by atoms with van der Waals surface area (Å²) in [6.45, 7) is 1.98. The standard InChI is InChI=1S/C13H12BrClN2/c1-8-11(16)3-2-4-12(8)17-13-7-9(15)5-6-10(13)14/h2-7,17H,16H2,1H3. The van der Waals surface area contributed by atoms with Crippen molar-refractivity contribution < 1.29 is 0 Å². The van der Waals surface area contributed by atoms with Crippen LogP contribution in [0.1, 0.15) is 5.56 Å². The average Bonchev–Trinajstić information content (AvgIpc) is 2.30. The number of hydrogen-bond acceptors (Lipinski definition) is 2. The summed E-state index contributed by atoms with van der Waals surface area (Å²) in [5.41, 5.74) is 9.57. The van der Waals surface area contributed by atoms with Gasteiger partial charge in [0.05, 0.1) is 5.69 Å². The summed E-state index contributed by atoms with van der Waals surface area (Å²) in [4.78, 5) is 0. The van der Waals surface area contributed by atoms with E-state index in [1.165, 1.54) is 0 Å². The van der Waals surface area contributed by atoms with Crippen molar-refractivity contribution in [3.63, 3.8) is 0 Å². The molecule has 0 fully saturated rings. The lowest BCUT2D eigenvalue weighted by atomic mass is 10.1. The number of anilines is 3. The van der Waals surface area contributed by atoms with Gasteiger partial charge < -0.3 is 11.1 Å². The molecule has 0 atom stereocenters. The zero-order valence-corrected chi connectivity index (χ0v) is 11.6. The number of nitrogens with two attached hydrogens (primary N) is 1. The highest BCUT2D eigenvalue weighted by molar-refractivity contribution is 9.10. The molecule has 0 saturated carbocycles. The first-order valence-corrected chi connectivity index (χ1v) is 6.32. The molecule has 4 heteroatoms. The summed E-state index contributed by atoms with van der Waals surface area (Å²) >= 11 is 9.45. The van der Waals surface area contributed by atoms with Gasteiger partial charge in [0.2, 0.25) is 0 Å². The van der Waals surface area contributed by atoms with E-state index in [1.807, 2.05) is 43.3 Å². The zero-order valence-electron chi connectivity index (χ0n) is 9.30. The Bertz CT molecular complexity index is 555. The second-order valence-corrected chi connectivity index (χ2v) is 5.06. The van der Waals surface area contributed by atoms with Gasteiger partial charge in [-0.1, -0.05) is 17.7 Å². The predicted octanol–water partition coefficient (Wildman–Crippen LogP) is 4.74. The molecule has 0 saturated heterocycles. The van der Waals surface area contributed by atoms with E-state index in [4.69, 9.17) is 17.3 Å². The monoisotopic (exact) mass is 310 g/mol. The van der Waals surface area contributed by atoms with Crippen molar-refractivity contribution >= 4 is 44.6 Å². The Kier molecular flexibility index (Phi) is 3.60. The summed E-state index contributed by atoms with van der Waals surface area (Å²) in [6.07, 6.45) is 0. The molecule has 0 amide bonds. The molecule has 88 valence electrons. The molecule has 0 aliphatic carbocycles. The van der Waals surface area contributed by atoms with E-state index in [2.05, 4.69) is 21.2 Å². The Morgan fingerprint density at radius 1 is 1.18 bits per heavy atom. The number of halogens is 2. The molecule has 0 aromatic heterocycles. The molecule has 0 unspecified atom stereocenters. The molecule has 0 radical (unpaired) electrons. The fourth-order valence-electron chi connectivity index (χ4n) is 1.53. The lowest BCUT2D eigenvalue weighted by molar-refractivity contribution is 1.42. The van der Waals surface area contributed by atoms with Gasteiger partial charge in [0, 0.05) is 20.9 Å². The number of hydrogen-bond donors (Lipinski definition) is 2. The van der Waals surface area contributed by atoms with Crippen LogP contribution in [0.5, 0.6) is 0 Å². The van der Waals surface area contributed by atoms with Crippen molar-refractivity contribution in [2.75, 3.05) is 11.1 Å². The summed E-state index contributed by atoms with van der Waals surface area (Å²) in [7, 11) is 0. The van der Waals surface area contributed by atoms with Crippen molar-refractivity contribution in [2.24, 2.45) is 0 Å². The third-order valence-electron chi connectivity index (χ3n) is 2.57. The molecule has 3 N–H and O–H groups in total. The van der Waals surface area contributed by atoms with Crippen molar-refractivity contribution in [3.8, 4) is 0 Å². The van der Waals surface area contributed by atoms with Gasteiger partial charge in [-0.05, 0) is 58.7 Å². The van der Waals surface area contributed by atoms with Crippen LogP contribution in [0, 0.1) is 6.92 Å². The van der Waals surface area contributed by atoms with Crippen LogP contribution in [0.2, 0.25) is 5.02 Å². The fourth-order valence-corrected chi connectivity index (χ4v) is 2.05. The van der Waals surface area contributed by atoms with Crippen molar-refractivity contribution in [3.05, 3.63) is 51.5 Å². The molecular formula is C13H12BrClN2. The van der Waals surface area contributed by atoms with E-state index in [0.717, 1.165) is 27.1 Å². The third-order valence-corrected chi connectivity index (χ3v) is 3.50. The van der Waals surface area contributed by atoms with Crippen LogP contribution in [0.15, 0.2) is 40.9 Å². The minimum absolute atomic E-state index is 0.692. The average molecular weight is 312 g/mol. The minimum Gasteiger partial charge on any atom is -0.398 e. The van der Waals surface area contributed by atoms with Crippen molar-refractivity contribution in [2.45, 2.75) is 6.92 Å². The number of rotatable bonds is 2. The maximum Gasteiger partial charge on any atom is 0.0543 e. The van der Waals surface area contributed by atoms with Crippen molar-refractivity contribution in [1.82, 2.24) is 0 Å². The molecule has 2 aromatic carbocycles. The predicted molar refractivity (Wildman–Crippen MR) is 78.0 cm³/mol. The smallest absolute Gasteiger partial charge is 0.0543 e. The molecule has 0 aliphatic heterocycles. The van der Waals surface area contributed by atoms with Crippen LogP contribution in [-0.4, -0.2) is 0 Å². The lowest BCUT2D eigenvalue weighted by Gasteiger charge is -2.12. The third kappa shape index (κ3) is 2.73. The summed E-state index contributed by atoms with van der Waals surface area (Å²) in [5.74, 6) is 0. The molecule has 0 aliphatic rings. The van der Waals surface area contributed by atoms with Gasteiger partial charge >= 0.3 is 0 Å². The molecule has 0 heterocycles. The highest BCUT2D eigenvalue weighted by Gasteiger charge is 2.05. The Labute approximate surface area is 114 Å². The van der Waals surface area contributed by atoms with E-state index in [0.29, 0.717) is 5.02 Å². The Balaban J connectivity index is 2.38. The van der Waals surface area contributed by atoms with E-state index in [9.17, 15) is 0 Å². The summed E-state index contributed by atoms with van der Waals surface area (Å²) in [6, 6.07) is 11.4. The van der Waals surface area contributed by atoms with E-state index < -0.39 is 0 Å². The van der Waals surface area contributed by atoms with E-state index in [1.54, 1.807) is 0 Å². The molecule has 17 heavy (non-hydrogen) atoms. The number of nitrogens with one attached hydrogen (secondary N) is 1. The van der Waals surface area contributed by atoms with Crippen LogP contribution < -0.4 is 11.1 Å². The summed E-state index contributed by atoms with van der Waals surface area (Å²) in [5, 5.41) is 4.00. The minimum atomic E-state index is 0.692. The van der Waals surface area contributed by atoms with Gasteiger partial charge in [0.1, 0.15) is 0 Å². The maximum atomic E-state index is 5.97. The highest BCUT2D eigenvalue weighted by atomic mass is 79.9. The van der Waals surface area contributed by atoms with Crippen LogP contribution >= 0.6 is 27.5 Å². The highest BCUT2D eigenvalue weighted by Crippen LogP contribution is 2.31. The van der Waals surface area contributed by atoms with Crippen LogP contribution in [-0.2, 0) is 0 Å². The lowest BCUT2D eigenvalue weighted by Crippen LogP contribution is -1.97. The largest absolute Gasteiger partial charge is 0.398 e. The Morgan fingerprint density at radius 2 is 1.94 bits per heavy atom. The van der Waals surface area contributed by atoms with Crippen LogP contribution in [0.25, 0.3) is 0 Å². The van der Waals surface area contributed by atoms with Gasteiger partial charge in [-0.3, -0.25) is 0 Å². The van der Waals surface area contributed by atoms with Gasteiger partial charge in [-0.25, -0.2) is 0 Å². The Morgan fingerprint density at radius 3 is 2.71 bits per heavy atom. The topological polar surface area (TPSA) is 38.0 Å². The van der Waals surface area contributed by atoms with Crippen LogP contribution in [0.3, 0.4) is 0 Å². The first kappa shape index (κ1) is 12.3. The summed E-state index contributed by atoms with van der Waals surface area (Å²) < 4.78 is 0.962. The molecule has 2 aromatic rings. The number of benzene rings is 2. The fraction of sp³-hybridized carbons (Fsp3) is 0.0769. The molecular weight excluding hydrogens is 300 g/mol. The van der Waals surface area contributed by atoms with Gasteiger partial charge in [-0.15, -0.1) is 0 Å². The second kappa shape index (κ2) is 4.98. The molecule has 2 rings (SSSR count). The molecule has 0 bridgehead atoms. The first-order valence-electron chi connectivity index (χ1n) is 5.15. The van der Waals surface area contributed by atoms with E-state index >= 15 is 0 Å². The SMILES string of the molecule is Cc1c(N)cccc1Nc1cc(Cl)ccc1Br. The Hall–Kier alpha value is -1.19. The van der Waals surface area contributed by atoms with Gasteiger partial charge in [-0.2, -0.15) is 0 Å². The second-order valence-electron chi connectivity index (χ2n) is 3.77. The van der Waals surface area contributed by atoms with Crippen LogP contribution in [0.4, 0.5) is 17.1 Å². The zero-order chi connectivity index (χ0) is 12.4. The van der Waals surface area contributed by atoms with Crippen molar-refractivity contribution in [1.29, 1.82) is 0 Å². The molecule has 0 spiro atoms. The van der Waals surface area contributed by atoms with Gasteiger partial charge in [0.25, 0.3) is 0 Å².